The Kier molecular flexibility index (Phi) is 2.59. The highest BCUT2D eigenvalue weighted by atomic mass is 16.5. The molecule has 0 radical (unpaired) electrons. The van der Waals surface area contributed by atoms with Gasteiger partial charge in [0.2, 0.25) is 0 Å². The highest BCUT2D eigenvalue weighted by Crippen LogP contribution is 2.28. The Bertz CT molecular complexity index is 325. The zero-order valence-electron chi connectivity index (χ0n) is 8.36. The molecule has 0 fully saturated rings. The van der Waals surface area contributed by atoms with Gasteiger partial charge in [0.05, 0.1) is 13.2 Å². The van der Waals surface area contributed by atoms with E-state index in [1.165, 1.54) is 5.56 Å². The number of hydrogen-bond acceptors (Lipinski definition) is 3. The third-order valence-corrected chi connectivity index (χ3v) is 2.55. The lowest BCUT2D eigenvalue weighted by Gasteiger charge is -2.18. The molecule has 1 aliphatic rings. The van der Waals surface area contributed by atoms with E-state index in [9.17, 15) is 0 Å². The molecule has 2 rings (SSSR count). The SMILES string of the molecule is CN(CCO)c1ccc2c(c1)CCO2. The standard InChI is InChI=1S/C11H15NO2/c1-12(5-6-13)10-2-3-11-9(8-10)4-7-14-11/h2-3,8,13H,4-7H2,1H3. The fraction of sp³-hybridized carbons (Fsp3) is 0.455. The summed E-state index contributed by atoms with van der Waals surface area (Å²) in [5.41, 5.74) is 2.41. The van der Waals surface area contributed by atoms with Crippen LogP contribution in [0.5, 0.6) is 5.75 Å². The second kappa shape index (κ2) is 3.88. The van der Waals surface area contributed by atoms with Gasteiger partial charge < -0.3 is 14.7 Å². The summed E-state index contributed by atoms with van der Waals surface area (Å²) in [5.74, 6) is 1.01. The molecule has 1 aliphatic heterocycles. The van der Waals surface area contributed by atoms with Crippen molar-refractivity contribution in [1.82, 2.24) is 0 Å². The average Bonchev–Trinajstić information content (AvgIpc) is 2.64. The van der Waals surface area contributed by atoms with Gasteiger partial charge in [0, 0.05) is 25.7 Å². The second-order valence-corrected chi connectivity index (χ2v) is 3.54. The van der Waals surface area contributed by atoms with E-state index in [0.29, 0.717) is 6.54 Å². The Morgan fingerprint density at radius 3 is 3.14 bits per heavy atom. The summed E-state index contributed by atoms with van der Waals surface area (Å²) in [6.45, 7) is 1.65. The van der Waals surface area contributed by atoms with Crippen LogP contribution in [0.25, 0.3) is 0 Å². The zero-order chi connectivity index (χ0) is 9.97. The Labute approximate surface area is 83.9 Å². The van der Waals surface area contributed by atoms with Crippen LogP contribution in [0.15, 0.2) is 18.2 Å². The lowest BCUT2D eigenvalue weighted by Crippen LogP contribution is -2.21. The number of aliphatic hydroxyl groups excluding tert-OH is 1. The van der Waals surface area contributed by atoms with Gasteiger partial charge in [0.25, 0.3) is 0 Å². The van der Waals surface area contributed by atoms with Crippen molar-refractivity contribution in [2.75, 3.05) is 31.7 Å². The van der Waals surface area contributed by atoms with Crippen molar-refractivity contribution in [2.24, 2.45) is 0 Å². The first-order valence-corrected chi connectivity index (χ1v) is 4.89. The monoisotopic (exact) mass is 193 g/mol. The summed E-state index contributed by atoms with van der Waals surface area (Å²) in [6, 6.07) is 6.17. The summed E-state index contributed by atoms with van der Waals surface area (Å²) in [4.78, 5) is 2.04. The lowest BCUT2D eigenvalue weighted by atomic mass is 10.1. The molecule has 0 aromatic heterocycles. The van der Waals surface area contributed by atoms with E-state index in [1.807, 2.05) is 24.1 Å². The molecule has 0 bridgehead atoms. The van der Waals surface area contributed by atoms with E-state index in [0.717, 1.165) is 24.5 Å². The minimum Gasteiger partial charge on any atom is -0.493 e. The highest BCUT2D eigenvalue weighted by Gasteiger charge is 2.12. The molecule has 0 unspecified atom stereocenters. The number of rotatable bonds is 3. The smallest absolute Gasteiger partial charge is 0.122 e. The minimum absolute atomic E-state index is 0.185. The van der Waals surface area contributed by atoms with E-state index in [1.54, 1.807) is 0 Å². The van der Waals surface area contributed by atoms with E-state index in [-0.39, 0.29) is 6.61 Å². The van der Waals surface area contributed by atoms with Crippen LogP contribution < -0.4 is 9.64 Å². The maximum atomic E-state index is 8.83. The summed E-state index contributed by atoms with van der Waals surface area (Å²) in [6.07, 6.45) is 0.996. The van der Waals surface area contributed by atoms with Gasteiger partial charge >= 0.3 is 0 Å². The number of hydrogen-bond donors (Lipinski definition) is 1. The molecule has 3 nitrogen and oxygen atoms in total. The molecule has 76 valence electrons. The molecular formula is C11H15NO2. The highest BCUT2D eigenvalue weighted by molar-refractivity contribution is 5.53. The normalized spacial score (nSPS) is 13.6. The maximum absolute atomic E-state index is 8.83. The Morgan fingerprint density at radius 2 is 2.36 bits per heavy atom. The van der Waals surface area contributed by atoms with E-state index in [4.69, 9.17) is 9.84 Å². The molecule has 1 heterocycles. The average molecular weight is 193 g/mol. The third-order valence-electron chi connectivity index (χ3n) is 2.55. The van der Waals surface area contributed by atoms with Crippen molar-refractivity contribution < 1.29 is 9.84 Å². The van der Waals surface area contributed by atoms with Crippen molar-refractivity contribution >= 4 is 5.69 Å². The first-order chi connectivity index (χ1) is 6.81. The zero-order valence-corrected chi connectivity index (χ0v) is 8.36. The molecule has 1 aromatic rings. The van der Waals surface area contributed by atoms with Gasteiger partial charge in [-0.1, -0.05) is 0 Å². The van der Waals surface area contributed by atoms with Crippen LogP contribution in [-0.4, -0.2) is 31.9 Å². The summed E-state index contributed by atoms with van der Waals surface area (Å²) < 4.78 is 5.43. The third kappa shape index (κ3) is 1.68. The van der Waals surface area contributed by atoms with Crippen molar-refractivity contribution in [2.45, 2.75) is 6.42 Å². The number of nitrogens with zero attached hydrogens (tertiary/aromatic N) is 1. The summed E-state index contributed by atoms with van der Waals surface area (Å²) >= 11 is 0. The van der Waals surface area contributed by atoms with Crippen LogP contribution in [0.2, 0.25) is 0 Å². The van der Waals surface area contributed by atoms with Crippen molar-refractivity contribution in [3.8, 4) is 5.75 Å². The van der Waals surface area contributed by atoms with Gasteiger partial charge in [-0.05, 0) is 23.8 Å². The molecular weight excluding hydrogens is 178 g/mol. The quantitative estimate of drug-likeness (QED) is 0.778. The Morgan fingerprint density at radius 1 is 1.50 bits per heavy atom. The minimum atomic E-state index is 0.185. The Balaban J connectivity index is 2.19. The molecule has 0 spiro atoms. The van der Waals surface area contributed by atoms with E-state index < -0.39 is 0 Å². The van der Waals surface area contributed by atoms with E-state index in [2.05, 4.69) is 6.07 Å². The lowest BCUT2D eigenvalue weighted by molar-refractivity contribution is 0.304. The van der Waals surface area contributed by atoms with Gasteiger partial charge in [-0.15, -0.1) is 0 Å². The first kappa shape index (κ1) is 9.34. The number of aliphatic hydroxyl groups is 1. The fourth-order valence-electron chi connectivity index (χ4n) is 1.69. The molecule has 0 aliphatic carbocycles. The van der Waals surface area contributed by atoms with Crippen LogP contribution in [0.1, 0.15) is 5.56 Å². The van der Waals surface area contributed by atoms with Crippen molar-refractivity contribution in [3.63, 3.8) is 0 Å². The predicted octanol–water partition coefficient (Wildman–Crippen LogP) is 1.05. The molecule has 0 amide bonds. The largest absolute Gasteiger partial charge is 0.493 e. The molecule has 1 N–H and O–H groups in total. The summed E-state index contributed by atoms with van der Waals surface area (Å²) in [7, 11) is 1.98. The van der Waals surface area contributed by atoms with Gasteiger partial charge in [-0.2, -0.15) is 0 Å². The fourth-order valence-corrected chi connectivity index (χ4v) is 1.69. The van der Waals surface area contributed by atoms with Gasteiger partial charge in [0.15, 0.2) is 0 Å². The summed E-state index contributed by atoms with van der Waals surface area (Å²) in [5, 5.41) is 8.83. The molecule has 0 saturated heterocycles. The second-order valence-electron chi connectivity index (χ2n) is 3.54. The van der Waals surface area contributed by atoms with E-state index >= 15 is 0 Å². The number of fused-ring (bicyclic) bond motifs is 1. The molecule has 3 heteroatoms. The van der Waals surface area contributed by atoms with Crippen LogP contribution in [0.3, 0.4) is 0 Å². The molecule has 0 atom stereocenters. The van der Waals surface area contributed by atoms with Gasteiger partial charge in [-0.25, -0.2) is 0 Å². The van der Waals surface area contributed by atoms with Crippen molar-refractivity contribution in [1.29, 1.82) is 0 Å². The number of benzene rings is 1. The maximum Gasteiger partial charge on any atom is 0.122 e. The number of ether oxygens (including phenoxy) is 1. The Hall–Kier alpha value is -1.22. The van der Waals surface area contributed by atoms with Gasteiger partial charge in [0.1, 0.15) is 5.75 Å². The first-order valence-electron chi connectivity index (χ1n) is 4.89. The molecule has 14 heavy (non-hydrogen) atoms. The van der Waals surface area contributed by atoms with Crippen LogP contribution in [0, 0.1) is 0 Å². The van der Waals surface area contributed by atoms with Crippen LogP contribution in [0.4, 0.5) is 5.69 Å². The van der Waals surface area contributed by atoms with Gasteiger partial charge in [-0.3, -0.25) is 0 Å². The number of anilines is 1. The number of likely N-dealkylation sites (N-methyl/N-ethyl adjacent to an activating group) is 1. The predicted molar refractivity (Wildman–Crippen MR) is 56.0 cm³/mol. The van der Waals surface area contributed by atoms with Crippen LogP contribution in [-0.2, 0) is 6.42 Å². The molecule has 0 saturated carbocycles. The van der Waals surface area contributed by atoms with Crippen molar-refractivity contribution in [3.05, 3.63) is 23.8 Å². The van der Waals surface area contributed by atoms with Crippen LogP contribution >= 0.6 is 0 Å². The molecule has 1 aromatic carbocycles. The topological polar surface area (TPSA) is 32.7 Å².